The van der Waals surface area contributed by atoms with Crippen molar-refractivity contribution in [3.05, 3.63) is 0 Å². The highest BCUT2D eigenvalue weighted by molar-refractivity contribution is 5.89. The van der Waals surface area contributed by atoms with Crippen molar-refractivity contribution in [2.45, 2.75) is 57.3 Å². The first-order valence-electron chi connectivity index (χ1n) is 9.54. The molecule has 6 heteroatoms. The molecule has 2 amide bonds. The first-order chi connectivity index (χ1) is 11.7. The minimum Gasteiger partial charge on any atom is -0.350 e. The highest BCUT2D eigenvalue weighted by Crippen LogP contribution is 2.32. The molecular weight excluding hydrogens is 308 g/mol. The lowest BCUT2D eigenvalue weighted by molar-refractivity contribution is -0.140. The molecule has 4 fully saturated rings. The van der Waals surface area contributed by atoms with Crippen molar-refractivity contribution in [3.8, 4) is 0 Å². The maximum Gasteiger partial charge on any atom is 0.227 e. The minimum absolute atomic E-state index is 0.0758. The predicted octanol–water partition coefficient (Wildman–Crippen LogP) is 1.39. The van der Waals surface area contributed by atoms with Gasteiger partial charge in [0.1, 0.15) is 0 Å². The third-order valence-corrected chi connectivity index (χ3v) is 6.16. The summed E-state index contributed by atoms with van der Waals surface area (Å²) in [6.45, 7) is 3.54. The normalized spacial score (nSPS) is 30.7. The maximum absolute atomic E-state index is 12.8. The maximum atomic E-state index is 12.8. The zero-order chi connectivity index (χ0) is 16.5. The van der Waals surface area contributed by atoms with Crippen LogP contribution in [0.5, 0.6) is 0 Å². The van der Waals surface area contributed by atoms with Crippen LogP contribution in [-0.4, -0.2) is 66.8 Å². The Morgan fingerprint density at radius 1 is 1.00 bits per heavy atom. The van der Waals surface area contributed by atoms with E-state index in [4.69, 9.17) is 9.47 Å². The van der Waals surface area contributed by atoms with Gasteiger partial charge in [0.2, 0.25) is 11.8 Å². The van der Waals surface area contributed by atoms with Gasteiger partial charge in [-0.2, -0.15) is 0 Å². The van der Waals surface area contributed by atoms with Crippen LogP contribution in [0.4, 0.5) is 0 Å². The van der Waals surface area contributed by atoms with Gasteiger partial charge in [0.25, 0.3) is 0 Å². The molecule has 24 heavy (non-hydrogen) atoms. The van der Waals surface area contributed by atoms with Crippen LogP contribution in [0.1, 0.15) is 44.9 Å². The first-order valence-corrected chi connectivity index (χ1v) is 9.54. The summed E-state index contributed by atoms with van der Waals surface area (Å²) < 4.78 is 11.2. The second-order valence-electron chi connectivity index (χ2n) is 7.66. The molecule has 1 aliphatic carbocycles. The van der Waals surface area contributed by atoms with E-state index in [1.54, 1.807) is 0 Å². The van der Waals surface area contributed by atoms with Crippen molar-refractivity contribution < 1.29 is 19.1 Å². The second kappa shape index (κ2) is 7.00. The van der Waals surface area contributed by atoms with Crippen LogP contribution >= 0.6 is 0 Å². The number of nitrogens with zero attached hydrogens (tertiary/aromatic N) is 2. The summed E-state index contributed by atoms with van der Waals surface area (Å²) in [6, 6.07) is 0.387. The zero-order valence-corrected chi connectivity index (χ0v) is 14.3. The van der Waals surface area contributed by atoms with E-state index in [2.05, 4.69) is 0 Å². The number of carbonyl (C=O) groups is 2. The highest BCUT2D eigenvalue weighted by atomic mass is 16.7. The Morgan fingerprint density at radius 2 is 1.67 bits per heavy atom. The fourth-order valence-electron chi connectivity index (χ4n) is 4.76. The van der Waals surface area contributed by atoms with Crippen LogP contribution in [0.25, 0.3) is 0 Å². The number of hydrogen-bond donors (Lipinski definition) is 0. The molecule has 1 atom stereocenters. The Hall–Kier alpha value is -1.14. The largest absolute Gasteiger partial charge is 0.350 e. The summed E-state index contributed by atoms with van der Waals surface area (Å²) in [5, 5.41) is 0. The smallest absolute Gasteiger partial charge is 0.227 e. The van der Waals surface area contributed by atoms with Gasteiger partial charge in [0.05, 0.1) is 19.1 Å². The summed E-state index contributed by atoms with van der Waals surface area (Å²) in [6.07, 6.45) is 6.85. The minimum atomic E-state index is -0.131. The van der Waals surface area contributed by atoms with Crippen LogP contribution in [0, 0.1) is 11.8 Å². The average Bonchev–Trinajstić information content (AvgIpc) is 3.35. The van der Waals surface area contributed by atoms with Gasteiger partial charge in [0, 0.05) is 38.0 Å². The first kappa shape index (κ1) is 16.3. The molecule has 3 saturated heterocycles. The molecule has 0 aromatic heterocycles. The van der Waals surface area contributed by atoms with Crippen molar-refractivity contribution >= 4 is 11.8 Å². The lowest BCUT2D eigenvalue weighted by atomic mass is 9.95. The van der Waals surface area contributed by atoms with Crippen LogP contribution in [0.2, 0.25) is 0 Å². The average molecular weight is 336 g/mol. The Labute approximate surface area is 143 Å². The molecule has 1 unspecified atom stereocenters. The van der Waals surface area contributed by atoms with Gasteiger partial charge < -0.3 is 19.3 Å². The Morgan fingerprint density at radius 3 is 2.33 bits per heavy atom. The number of rotatable bonds is 3. The Bertz CT molecular complexity index is 477. The number of amides is 2. The molecule has 6 nitrogen and oxygen atoms in total. The summed E-state index contributed by atoms with van der Waals surface area (Å²) in [5.74, 6) is 0.629. The molecule has 0 N–H and O–H groups in total. The van der Waals surface area contributed by atoms with Crippen molar-refractivity contribution in [1.82, 2.24) is 9.80 Å². The molecule has 1 saturated carbocycles. The molecule has 3 heterocycles. The van der Waals surface area contributed by atoms with Crippen LogP contribution in [0.15, 0.2) is 0 Å². The molecule has 0 spiro atoms. The fourth-order valence-corrected chi connectivity index (χ4v) is 4.76. The molecule has 3 aliphatic heterocycles. The number of piperidine rings is 1. The zero-order valence-electron chi connectivity index (χ0n) is 14.3. The monoisotopic (exact) mass is 336 g/mol. The van der Waals surface area contributed by atoms with Crippen molar-refractivity contribution in [3.63, 3.8) is 0 Å². The fraction of sp³-hybridized carbons (Fsp3) is 0.889. The van der Waals surface area contributed by atoms with E-state index in [0.29, 0.717) is 38.1 Å². The number of likely N-dealkylation sites (tertiary alicyclic amines) is 2. The number of hydrogen-bond acceptors (Lipinski definition) is 4. The molecule has 134 valence electrons. The molecule has 4 aliphatic rings. The summed E-state index contributed by atoms with van der Waals surface area (Å²) in [7, 11) is 0. The lowest BCUT2D eigenvalue weighted by Crippen LogP contribution is -2.44. The van der Waals surface area contributed by atoms with Crippen molar-refractivity contribution in [2.75, 3.05) is 32.8 Å². The van der Waals surface area contributed by atoms with Gasteiger partial charge in [-0.3, -0.25) is 9.59 Å². The third-order valence-electron chi connectivity index (χ3n) is 6.16. The van der Waals surface area contributed by atoms with Gasteiger partial charge >= 0.3 is 0 Å². The summed E-state index contributed by atoms with van der Waals surface area (Å²) in [5.41, 5.74) is 0. The van der Waals surface area contributed by atoms with E-state index in [-0.39, 0.29) is 24.0 Å². The number of ether oxygens (including phenoxy) is 2. The van der Waals surface area contributed by atoms with Gasteiger partial charge in [0.15, 0.2) is 6.29 Å². The van der Waals surface area contributed by atoms with Gasteiger partial charge in [-0.1, -0.05) is 12.8 Å². The molecule has 0 aromatic rings. The molecule has 0 aromatic carbocycles. The van der Waals surface area contributed by atoms with E-state index < -0.39 is 0 Å². The highest BCUT2D eigenvalue weighted by Gasteiger charge is 2.41. The van der Waals surface area contributed by atoms with Gasteiger partial charge in [-0.05, 0) is 25.7 Å². The van der Waals surface area contributed by atoms with Gasteiger partial charge in [-0.25, -0.2) is 0 Å². The molecule has 4 rings (SSSR count). The van der Waals surface area contributed by atoms with E-state index >= 15 is 0 Å². The van der Waals surface area contributed by atoms with E-state index in [0.717, 1.165) is 38.8 Å². The molecule has 0 radical (unpaired) electrons. The Balaban J connectivity index is 1.29. The van der Waals surface area contributed by atoms with Crippen molar-refractivity contribution in [1.29, 1.82) is 0 Å². The Kier molecular flexibility index (Phi) is 4.77. The quantitative estimate of drug-likeness (QED) is 0.781. The van der Waals surface area contributed by atoms with Gasteiger partial charge in [-0.15, -0.1) is 0 Å². The molecule has 0 bridgehead atoms. The SMILES string of the molecule is O=C(C1CC(=O)N(C2CCCC2)C1)N1CCC(C2OCCO2)CC1. The van der Waals surface area contributed by atoms with Crippen LogP contribution < -0.4 is 0 Å². The van der Waals surface area contributed by atoms with E-state index in [1.165, 1.54) is 12.8 Å². The lowest BCUT2D eigenvalue weighted by Gasteiger charge is -2.35. The molecular formula is C18H28N2O4. The summed E-state index contributed by atoms with van der Waals surface area (Å²) >= 11 is 0. The standard InChI is InChI=1S/C18H28N2O4/c21-16-11-14(12-20(16)15-3-1-2-4-15)17(22)19-7-5-13(6-8-19)18-23-9-10-24-18/h13-15,18H,1-12H2. The van der Waals surface area contributed by atoms with Crippen LogP contribution in [0.3, 0.4) is 0 Å². The third kappa shape index (κ3) is 3.18. The topological polar surface area (TPSA) is 59.1 Å². The van der Waals surface area contributed by atoms with Crippen LogP contribution in [-0.2, 0) is 19.1 Å². The summed E-state index contributed by atoms with van der Waals surface area (Å²) in [4.78, 5) is 29.1. The van der Waals surface area contributed by atoms with E-state index in [9.17, 15) is 9.59 Å². The van der Waals surface area contributed by atoms with Crippen molar-refractivity contribution in [2.24, 2.45) is 11.8 Å². The predicted molar refractivity (Wildman–Crippen MR) is 87.1 cm³/mol. The second-order valence-corrected chi connectivity index (χ2v) is 7.66. The van der Waals surface area contributed by atoms with E-state index in [1.807, 2.05) is 9.80 Å². The number of carbonyl (C=O) groups excluding carboxylic acids is 2.